The largest absolute Gasteiger partial charge is 0.0622 e. The van der Waals surface area contributed by atoms with Crippen molar-refractivity contribution in [3.8, 4) is 44.5 Å². The lowest BCUT2D eigenvalue weighted by Crippen LogP contribution is -1.95. The van der Waals surface area contributed by atoms with E-state index in [2.05, 4.69) is 182 Å². The maximum atomic E-state index is 2.47. The highest BCUT2D eigenvalue weighted by atomic mass is 14.2. The molecule has 0 radical (unpaired) electrons. The van der Waals surface area contributed by atoms with Gasteiger partial charge in [0.25, 0.3) is 0 Å². The fourth-order valence-corrected chi connectivity index (χ4v) is 8.70. The Bertz CT molecular complexity index is 2820. The Labute approximate surface area is 290 Å². The fraction of sp³-hybridized carbons (Fsp3) is 0. The van der Waals surface area contributed by atoms with Crippen LogP contribution >= 0.6 is 0 Å². The molecule has 0 heterocycles. The van der Waals surface area contributed by atoms with Crippen molar-refractivity contribution in [2.75, 3.05) is 0 Å². The molecule has 0 bridgehead atoms. The van der Waals surface area contributed by atoms with E-state index in [0.29, 0.717) is 0 Å². The minimum atomic E-state index is 1.21. The monoisotopic (exact) mass is 630 g/mol. The summed E-state index contributed by atoms with van der Waals surface area (Å²) in [6, 6.07) is 67.8. The van der Waals surface area contributed by atoms with Gasteiger partial charge in [0.2, 0.25) is 0 Å². The van der Waals surface area contributed by atoms with Crippen molar-refractivity contribution in [1.82, 2.24) is 0 Å². The molecule has 11 aromatic carbocycles. The summed E-state index contributed by atoms with van der Waals surface area (Å²) in [6.07, 6.45) is 0. The van der Waals surface area contributed by atoms with E-state index in [0.717, 1.165) is 0 Å². The molecule has 0 amide bonds. The van der Waals surface area contributed by atoms with Crippen molar-refractivity contribution in [3.63, 3.8) is 0 Å². The van der Waals surface area contributed by atoms with E-state index in [1.54, 1.807) is 0 Å². The fourth-order valence-electron chi connectivity index (χ4n) is 8.70. The zero-order chi connectivity index (χ0) is 32.8. The van der Waals surface area contributed by atoms with Crippen LogP contribution in [-0.4, -0.2) is 0 Å². The molecule has 0 aliphatic heterocycles. The smallest absolute Gasteiger partial charge is 0.00206 e. The van der Waals surface area contributed by atoms with Gasteiger partial charge >= 0.3 is 0 Å². The van der Waals surface area contributed by atoms with E-state index in [1.807, 2.05) is 0 Å². The lowest BCUT2D eigenvalue weighted by atomic mass is 9.82. The molecular formula is C50H30. The van der Waals surface area contributed by atoms with Gasteiger partial charge in [0.1, 0.15) is 0 Å². The van der Waals surface area contributed by atoms with E-state index in [1.165, 1.54) is 109 Å². The van der Waals surface area contributed by atoms with Crippen molar-refractivity contribution in [1.29, 1.82) is 0 Å². The summed E-state index contributed by atoms with van der Waals surface area (Å²) in [7, 11) is 0. The van der Waals surface area contributed by atoms with E-state index >= 15 is 0 Å². The van der Waals surface area contributed by atoms with Gasteiger partial charge < -0.3 is 0 Å². The molecule has 11 rings (SSSR count). The maximum Gasteiger partial charge on any atom is -0.00206 e. The number of benzene rings is 11. The molecule has 0 aromatic heterocycles. The first kappa shape index (κ1) is 27.5. The normalized spacial score (nSPS) is 12.0. The molecule has 0 saturated carbocycles. The summed E-state index contributed by atoms with van der Waals surface area (Å²) in [4.78, 5) is 0. The van der Waals surface area contributed by atoms with Crippen LogP contribution in [0.1, 0.15) is 0 Å². The Hall–Kier alpha value is -6.50. The summed E-state index contributed by atoms with van der Waals surface area (Å²) in [5, 5.41) is 15.7. The number of rotatable bonds is 4. The first-order valence-electron chi connectivity index (χ1n) is 17.4. The van der Waals surface area contributed by atoms with Gasteiger partial charge in [-0.25, -0.2) is 0 Å². The Kier molecular flexibility index (Phi) is 5.76. The lowest BCUT2D eigenvalue weighted by Gasteiger charge is -2.21. The lowest BCUT2D eigenvalue weighted by molar-refractivity contribution is 1.57. The highest BCUT2D eigenvalue weighted by Crippen LogP contribution is 2.48. The summed E-state index contributed by atoms with van der Waals surface area (Å²) in [5.74, 6) is 0. The third-order valence-corrected chi connectivity index (χ3v) is 11.0. The van der Waals surface area contributed by atoms with Gasteiger partial charge in [-0.3, -0.25) is 0 Å². The van der Waals surface area contributed by atoms with Crippen molar-refractivity contribution in [2.45, 2.75) is 0 Å². The molecule has 230 valence electrons. The van der Waals surface area contributed by atoms with Gasteiger partial charge in [-0.1, -0.05) is 170 Å². The van der Waals surface area contributed by atoms with Crippen LogP contribution in [0.2, 0.25) is 0 Å². The molecule has 0 fully saturated rings. The quantitative estimate of drug-likeness (QED) is 0.170. The standard InChI is InChI=1S/C50H30/c1-3-9-31(10-4-1)43-29-46(40-26-22-38-20-18-34-14-8-16-36-24-28-42(40)50(38)48(34)36)44(32-11-5-2-6-12-32)30-45(43)39-25-21-37-19-17-33-13-7-15-35-23-27-41(39)49(37)47(33)35/h1-30H. The van der Waals surface area contributed by atoms with Crippen molar-refractivity contribution >= 4 is 64.6 Å². The van der Waals surface area contributed by atoms with Crippen LogP contribution in [0.3, 0.4) is 0 Å². The molecule has 0 heteroatoms. The SMILES string of the molecule is c1ccc(-c2cc(-c3ccc4ccc5cccc6ccc3c4c56)c(-c3ccccc3)cc2-c2ccc3ccc4cccc5ccc2c3c45)cc1. The molecular weight excluding hydrogens is 601 g/mol. The van der Waals surface area contributed by atoms with E-state index < -0.39 is 0 Å². The first-order valence-corrected chi connectivity index (χ1v) is 17.4. The first-order chi connectivity index (χ1) is 24.8. The summed E-state index contributed by atoms with van der Waals surface area (Å²) >= 11 is 0. The predicted octanol–water partition coefficient (Wildman–Crippen LogP) is 14.1. The van der Waals surface area contributed by atoms with Crippen LogP contribution in [-0.2, 0) is 0 Å². The van der Waals surface area contributed by atoms with E-state index in [9.17, 15) is 0 Å². The van der Waals surface area contributed by atoms with Crippen LogP contribution in [0.4, 0.5) is 0 Å². The Morgan fingerprint density at radius 3 is 0.940 bits per heavy atom. The van der Waals surface area contributed by atoms with Gasteiger partial charge in [0.05, 0.1) is 0 Å². The number of hydrogen-bond donors (Lipinski definition) is 0. The van der Waals surface area contributed by atoms with Crippen LogP contribution in [0.15, 0.2) is 182 Å². The topological polar surface area (TPSA) is 0 Å². The van der Waals surface area contributed by atoms with Gasteiger partial charge in [0, 0.05) is 0 Å². The molecule has 0 saturated heterocycles. The second kappa shape index (κ2) is 10.5. The molecule has 0 aliphatic carbocycles. The molecule has 0 N–H and O–H groups in total. The van der Waals surface area contributed by atoms with Gasteiger partial charge in [-0.15, -0.1) is 0 Å². The van der Waals surface area contributed by atoms with Gasteiger partial charge in [-0.05, 0) is 121 Å². The molecule has 0 atom stereocenters. The zero-order valence-corrected chi connectivity index (χ0v) is 27.3. The van der Waals surface area contributed by atoms with Gasteiger partial charge in [-0.2, -0.15) is 0 Å². The van der Waals surface area contributed by atoms with E-state index in [-0.39, 0.29) is 0 Å². The predicted molar refractivity (Wildman–Crippen MR) is 216 cm³/mol. The average Bonchev–Trinajstić information content (AvgIpc) is 3.19. The highest BCUT2D eigenvalue weighted by Gasteiger charge is 2.21. The molecule has 0 spiro atoms. The molecule has 0 aliphatic rings. The van der Waals surface area contributed by atoms with Crippen molar-refractivity contribution in [3.05, 3.63) is 182 Å². The minimum absolute atomic E-state index is 1.21. The van der Waals surface area contributed by atoms with Crippen LogP contribution in [0, 0.1) is 0 Å². The summed E-state index contributed by atoms with van der Waals surface area (Å²) < 4.78 is 0. The average molecular weight is 631 g/mol. The van der Waals surface area contributed by atoms with Crippen LogP contribution < -0.4 is 0 Å². The highest BCUT2D eigenvalue weighted by molar-refractivity contribution is 6.27. The summed E-state index contributed by atoms with van der Waals surface area (Å²) in [6.45, 7) is 0. The Balaban J connectivity index is 1.27. The van der Waals surface area contributed by atoms with Crippen molar-refractivity contribution < 1.29 is 0 Å². The molecule has 0 nitrogen and oxygen atoms in total. The van der Waals surface area contributed by atoms with E-state index in [4.69, 9.17) is 0 Å². The second-order valence-corrected chi connectivity index (χ2v) is 13.6. The molecule has 0 unspecified atom stereocenters. The van der Waals surface area contributed by atoms with Gasteiger partial charge in [0.15, 0.2) is 0 Å². The maximum absolute atomic E-state index is 2.47. The Morgan fingerprint density at radius 1 is 0.200 bits per heavy atom. The van der Waals surface area contributed by atoms with Crippen LogP contribution in [0.5, 0.6) is 0 Å². The molecule has 11 aromatic rings. The summed E-state index contributed by atoms with van der Waals surface area (Å²) in [5.41, 5.74) is 9.91. The number of hydrogen-bond acceptors (Lipinski definition) is 0. The third kappa shape index (κ3) is 3.94. The van der Waals surface area contributed by atoms with Crippen molar-refractivity contribution in [2.24, 2.45) is 0 Å². The Morgan fingerprint density at radius 2 is 0.540 bits per heavy atom. The third-order valence-electron chi connectivity index (χ3n) is 11.0. The second-order valence-electron chi connectivity index (χ2n) is 13.6. The van der Waals surface area contributed by atoms with Crippen LogP contribution in [0.25, 0.3) is 109 Å². The molecule has 50 heavy (non-hydrogen) atoms. The zero-order valence-electron chi connectivity index (χ0n) is 27.3. The minimum Gasteiger partial charge on any atom is -0.0622 e.